The first-order valence-electron chi connectivity index (χ1n) is 4.54. The Balaban J connectivity index is 2.31. The lowest BCUT2D eigenvalue weighted by atomic mass is 10.5. The molecular weight excluding hydrogens is 230 g/mol. The van der Waals surface area contributed by atoms with Crippen LogP contribution in [-0.2, 0) is 10.0 Å². The third kappa shape index (κ3) is 1.91. The van der Waals surface area contributed by atoms with Gasteiger partial charge in [-0.3, -0.25) is 14.9 Å². The highest BCUT2D eigenvalue weighted by Crippen LogP contribution is 2.15. The van der Waals surface area contributed by atoms with Crippen LogP contribution in [-0.4, -0.2) is 28.8 Å². The summed E-state index contributed by atoms with van der Waals surface area (Å²) >= 11 is 0. The van der Waals surface area contributed by atoms with Gasteiger partial charge in [0.05, 0.1) is 11.9 Å². The van der Waals surface area contributed by atoms with Gasteiger partial charge in [-0.1, -0.05) is 0 Å². The molecule has 0 aromatic carbocycles. The molecule has 0 saturated carbocycles. The Morgan fingerprint density at radius 3 is 2.56 bits per heavy atom. The number of aryl methyl sites for hydroxylation is 2. The standard InChI is InChI=1S/C8H11N5O2S/c1-5-3-8(12-10-5)13-16(14,15)7-4-9-11-6(7)2/h3-4H,1-2H3,(H,9,11)(H2,10,12,13). The number of nitrogens with zero attached hydrogens (tertiary/aromatic N) is 2. The van der Waals surface area contributed by atoms with Crippen molar-refractivity contribution in [1.29, 1.82) is 0 Å². The molecule has 0 fully saturated rings. The van der Waals surface area contributed by atoms with E-state index in [1.807, 2.05) is 0 Å². The molecule has 0 bridgehead atoms. The molecular formula is C8H11N5O2S. The number of nitrogens with one attached hydrogen (secondary N) is 3. The summed E-state index contributed by atoms with van der Waals surface area (Å²) in [6, 6.07) is 1.60. The summed E-state index contributed by atoms with van der Waals surface area (Å²) in [5.41, 5.74) is 1.27. The molecule has 0 spiro atoms. The van der Waals surface area contributed by atoms with Crippen LogP contribution in [0.5, 0.6) is 0 Å². The van der Waals surface area contributed by atoms with E-state index in [-0.39, 0.29) is 10.7 Å². The highest BCUT2D eigenvalue weighted by Gasteiger charge is 2.19. The van der Waals surface area contributed by atoms with E-state index >= 15 is 0 Å². The molecule has 2 heterocycles. The lowest BCUT2D eigenvalue weighted by molar-refractivity contribution is 0.600. The Kier molecular flexibility index (Phi) is 2.43. The third-order valence-corrected chi connectivity index (χ3v) is 3.49. The molecule has 8 heteroatoms. The second-order valence-corrected chi connectivity index (χ2v) is 5.05. The van der Waals surface area contributed by atoms with Crippen molar-refractivity contribution in [2.24, 2.45) is 0 Å². The van der Waals surface area contributed by atoms with E-state index in [2.05, 4.69) is 25.1 Å². The fourth-order valence-electron chi connectivity index (χ4n) is 1.27. The summed E-state index contributed by atoms with van der Waals surface area (Å²) < 4.78 is 26.1. The maximum atomic E-state index is 11.9. The molecule has 0 aliphatic heterocycles. The van der Waals surface area contributed by atoms with E-state index in [9.17, 15) is 8.42 Å². The topological polar surface area (TPSA) is 104 Å². The van der Waals surface area contributed by atoms with Crippen LogP contribution < -0.4 is 4.72 Å². The SMILES string of the molecule is Cc1cc(NS(=O)(=O)c2cn[nH]c2C)n[nH]1. The van der Waals surface area contributed by atoms with Gasteiger partial charge in [-0.25, -0.2) is 8.42 Å². The molecule has 0 radical (unpaired) electrons. The average molecular weight is 241 g/mol. The summed E-state index contributed by atoms with van der Waals surface area (Å²) in [6.45, 7) is 3.42. The van der Waals surface area contributed by atoms with Gasteiger partial charge in [0.1, 0.15) is 4.90 Å². The second-order valence-electron chi connectivity index (χ2n) is 3.40. The van der Waals surface area contributed by atoms with Crippen LogP contribution in [0.1, 0.15) is 11.4 Å². The summed E-state index contributed by atoms with van der Waals surface area (Å²) in [5, 5.41) is 12.7. The predicted molar refractivity (Wildman–Crippen MR) is 57.5 cm³/mol. The molecule has 0 atom stereocenters. The number of sulfonamides is 1. The van der Waals surface area contributed by atoms with Crippen molar-refractivity contribution in [3.8, 4) is 0 Å². The minimum absolute atomic E-state index is 0.119. The van der Waals surface area contributed by atoms with E-state index in [1.54, 1.807) is 19.9 Å². The number of rotatable bonds is 3. The molecule has 0 aliphatic carbocycles. The van der Waals surface area contributed by atoms with Crippen LogP contribution in [0.4, 0.5) is 5.82 Å². The monoisotopic (exact) mass is 241 g/mol. The van der Waals surface area contributed by atoms with Gasteiger partial charge >= 0.3 is 0 Å². The van der Waals surface area contributed by atoms with Gasteiger partial charge in [-0.2, -0.15) is 10.2 Å². The Labute approximate surface area is 92.3 Å². The maximum absolute atomic E-state index is 11.9. The maximum Gasteiger partial charge on any atom is 0.266 e. The molecule has 0 aliphatic rings. The van der Waals surface area contributed by atoms with Gasteiger partial charge in [0, 0.05) is 11.8 Å². The Hall–Kier alpha value is -1.83. The van der Waals surface area contributed by atoms with Crippen molar-refractivity contribution in [1.82, 2.24) is 20.4 Å². The normalized spacial score (nSPS) is 11.6. The van der Waals surface area contributed by atoms with Crippen molar-refractivity contribution in [3.05, 3.63) is 23.7 Å². The van der Waals surface area contributed by atoms with Crippen molar-refractivity contribution < 1.29 is 8.42 Å². The van der Waals surface area contributed by atoms with Gasteiger partial charge in [0.25, 0.3) is 10.0 Å². The first kappa shape index (κ1) is 10.7. The van der Waals surface area contributed by atoms with Crippen LogP contribution >= 0.6 is 0 Å². The molecule has 0 amide bonds. The van der Waals surface area contributed by atoms with E-state index in [4.69, 9.17) is 0 Å². The van der Waals surface area contributed by atoms with Gasteiger partial charge in [0.2, 0.25) is 0 Å². The Morgan fingerprint density at radius 2 is 2.06 bits per heavy atom. The number of H-pyrrole nitrogens is 2. The number of aromatic amines is 2. The smallest absolute Gasteiger partial charge is 0.266 e. The number of hydrogen-bond acceptors (Lipinski definition) is 4. The molecule has 7 nitrogen and oxygen atoms in total. The van der Waals surface area contributed by atoms with Crippen LogP contribution in [0.2, 0.25) is 0 Å². The van der Waals surface area contributed by atoms with Gasteiger partial charge in [0.15, 0.2) is 5.82 Å². The van der Waals surface area contributed by atoms with Crippen molar-refractivity contribution in [2.75, 3.05) is 4.72 Å². The van der Waals surface area contributed by atoms with Crippen molar-refractivity contribution >= 4 is 15.8 Å². The fraction of sp³-hybridized carbons (Fsp3) is 0.250. The minimum Gasteiger partial charge on any atom is -0.281 e. The molecule has 2 aromatic rings. The molecule has 2 rings (SSSR count). The van der Waals surface area contributed by atoms with Gasteiger partial charge < -0.3 is 0 Å². The summed E-state index contributed by atoms with van der Waals surface area (Å²) in [6.07, 6.45) is 1.26. The molecule has 0 saturated heterocycles. The minimum atomic E-state index is -3.61. The average Bonchev–Trinajstić information content (AvgIpc) is 2.74. The number of aromatic nitrogens is 4. The number of anilines is 1. The zero-order chi connectivity index (χ0) is 11.8. The second kappa shape index (κ2) is 3.63. The van der Waals surface area contributed by atoms with Gasteiger partial charge in [-0.15, -0.1) is 0 Å². The van der Waals surface area contributed by atoms with Crippen molar-refractivity contribution in [3.63, 3.8) is 0 Å². The zero-order valence-corrected chi connectivity index (χ0v) is 9.59. The quantitative estimate of drug-likeness (QED) is 0.730. The van der Waals surface area contributed by atoms with Crippen LogP contribution in [0.3, 0.4) is 0 Å². The predicted octanol–water partition coefficient (Wildman–Crippen LogP) is 0.550. The lowest BCUT2D eigenvalue weighted by Gasteiger charge is -2.02. The largest absolute Gasteiger partial charge is 0.281 e. The first-order valence-corrected chi connectivity index (χ1v) is 6.02. The van der Waals surface area contributed by atoms with E-state index < -0.39 is 10.0 Å². The highest BCUT2D eigenvalue weighted by molar-refractivity contribution is 7.92. The summed E-state index contributed by atoms with van der Waals surface area (Å²) in [4.78, 5) is 0.119. The lowest BCUT2D eigenvalue weighted by Crippen LogP contribution is -2.13. The Morgan fingerprint density at radius 1 is 1.31 bits per heavy atom. The fourth-order valence-corrected chi connectivity index (χ4v) is 2.40. The van der Waals surface area contributed by atoms with E-state index in [1.165, 1.54) is 6.20 Å². The molecule has 86 valence electrons. The number of hydrogen-bond donors (Lipinski definition) is 3. The molecule has 16 heavy (non-hydrogen) atoms. The van der Waals surface area contributed by atoms with Crippen LogP contribution in [0.15, 0.2) is 17.2 Å². The third-order valence-electron chi connectivity index (χ3n) is 2.02. The van der Waals surface area contributed by atoms with Crippen LogP contribution in [0.25, 0.3) is 0 Å². The summed E-state index contributed by atoms with van der Waals surface area (Å²) in [5.74, 6) is 0.262. The molecule has 2 aromatic heterocycles. The van der Waals surface area contributed by atoms with Gasteiger partial charge in [-0.05, 0) is 13.8 Å². The van der Waals surface area contributed by atoms with Crippen LogP contribution in [0, 0.1) is 13.8 Å². The highest BCUT2D eigenvalue weighted by atomic mass is 32.2. The van der Waals surface area contributed by atoms with Crippen molar-refractivity contribution in [2.45, 2.75) is 18.7 Å². The Bertz CT molecular complexity index is 597. The first-order chi connectivity index (χ1) is 7.49. The molecule has 0 unspecified atom stereocenters. The van der Waals surface area contributed by atoms with E-state index in [0.717, 1.165) is 5.69 Å². The summed E-state index contributed by atoms with van der Waals surface area (Å²) in [7, 11) is -3.61. The molecule has 3 N–H and O–H groups in total. The van der Waals surface area contributed by atoms with E-state index in [0.29, 0.717) is 5.69 Å². The zero-order valence-electron chi connectivity index (χ0n) is 8.77.